The van der Waals surface area contributed by atoms with Crippen molar-refractivity contribution in [2.45, 2.75) is 25.8 Å². The smallest absolute Gasteiger partial charge is 0.119 e. The van der Waals surface area contributed by atoms with Gasteiger partial charge in [-0.15, -0.1) is 0 Å². The van der Waals surface area contributed by atoms with Crippen LogP contribution >= 0.6 is 23.2 Å². The summed E-state index contributed by atoms with van der Waals surface area (Å²) in [7, 11) is 0. The van der Waals surface area contributed by atoms with E-state index in [1.165, 1.54) is 5.56 Å². The molecule has 1 unspecified atom stereocenters. The van der Waals surface area contributed by atoms with Crippen LogP contribution in [0.1, 0.15) is 23.5 Å². The van der Waals surface area contributed by atoms with E-state index in [2.05, 4.69) is 22.5 Å². The van der Waals surface area contributed by atoms with Crippen LogP contribution in [0.15, 0.2) is 61.2 Å². The van der Waals surface area contributed by atoms with Gasteiger partial charge in [0.05, 0.1) is 12.9 Å². The summed E-state index contributed by atoms with van der Waals surface area (Å²) in [5.74, 6) is 1.10. The maximum atomic E-state index is 6.43. The Hall–Kier alpha value is -1.97. The average molecular weight is 375 g/mol. The maximum Gasteiger partial charge on any atom is 0.119 e. The number of hydrogen-bond donors (Lipinski definition) is 0. The summed E-state index contributed by atoms with van der Waals surface area (Å²) >= 11 is 12.5. The van der Waals surface area contributed by atoms with E-state index in [1.807, 2.05) is 42.9 Å². The molecule has 1 aromatic heterocycles. The molecule has 3 nitrogen and oxygen atoms in total. The highest BCUT2D eigenvalue weighted by molar-refractivity contribution is 6.35. The van der Waals surface area contributed by atoms with Gasteiger partial charge in [-0.25, -0.2) is 4.98 Å². The van der Waals surface area contributed by atoms with Crippen LogP contribution in [-0.2, 0) is 6.54 Å². The summed E-state index contributed by atoms with van der Waals surface area (Å²) in [6, 6.07) is 13.8. The molecule has 3 aromatic rings. The topological polar surface area (TPSA) is 27.1 Å². The van der Waals surface area contributed by atoms with Gasteiger partial charge in [0.25, 0.3) is 0 Å². The summed E-state index contributed by atoms with van der Waals surface area (Å²) in [5.41, 5.74) is 2.26. The summed E-state index contributed by atoms with van der Waals surface area (Å²) < 4.78 is 7.99. The number of ether oxygens (including phenoxy) is 1. The van der Waals surface area contributed by atoms with Gasteiger partial charge in [-0.05, 0) is 48.7 Å². The third kappa shape index (κ3) is 5.00. The monoisotopic (exact) mass is 374 g/mol. The first-order chi connectivity index (χ1) is 12.1. The molecule has 1 atom stereocenters. The lowest BCUT2D eigenvalue weighted by Gasteiger charge is -2.20. The predicted molar refractivity (Wildman–Crippen MR) is 103 cm³/mol. The first-order valence-electron chi connectivity index (χ1n) is 8.22. The number of imidazole rings is 1. The highest BCUT2D eigenvalue weighted by atomic mass is 35.5. The van der Waals surface area contributed by atoms with Crippen LogP contribution in [0.5, 0.6) is 5.75 Å². The van der Waals surface area contributed by atoms with Crippen molar-refractivity contribution in [2.75, 3.05) is 6.61 Å². The third-order valence-corrected chi connectivity index (χ3v) is 4.68. The van der Waals surface area contributed by atoms with Gasteiger partial charge in [0.15, 0.2) is 0 Å². The Morgan fingerprint density at radius 3 is 2.76 bits per heavy atom. The van der Waals surface area contributed by atoms with Crippen LogP contribution in [0.4, 0.5) is 0 Å². The van der Waals surface area contributed by atoms with Crippen molar-refractivity contribution in [3.05, 3.63) is 82.4 Å². The minimum absolute atomic E-state index is 0.212. The van der Waals surface area contributed by atoms with Crippen molar-refractivity contribution in [1.82, 2.24) is 9.55 Å². The molecule has 0 amide bonds. The number of aromatic nitrogens is 2. The van der Waals surface area contributed by atoms with Crippen LogP contribution in [0.25, 0.3) is 0 Å². The molecule has 3 rings (SSSR count). The highest BCUT2D eigenvalue weighted by Crippen LogP contribution is 2.31. The van der Waals surface area contributed by atoms with E-state index in [4.69, 9.17) is 27.9 Å². The van der Waals surface area contributed by atoms with E-state index < -0.39 is 0 Å². The molecular formula is C20H20Cl2N2O. The molecule has 2 aromatic carbocycles. The second kappa shape index (κ2) is 8.41. The van der Waals surface area contributed by atoms with Gasteiger partial charge in [0, 0.05) is 34.9 Å². The van der Waals surface area contributed by atoms with E-state index in [0.717, 1.165) is 24.3 Å². The second-order valence-corrected chi connectivity index (χ2v) is 6.92. The van der Waals surface area contributed by atoms with Gasteiger partial charge in [-0.1, -0.05) is 41.4 Å². The van der Waals surface area contributed by atoms with E-state index in [1.54, 1.807) is 12.3 Å². The molecule has 130 valence electrons. The number of aryl methyl sites for hydroxylation is 1. The standard InChI is InChI=1S/C20H20Cl2N2O/c1-15-3-2-4-18(11-15)25-10-7-16(13-24-9-8-23-14-24)19-6-5-17(21)12-20(19)22/h2-6,8-9,11-12,14,16H,7,10,13H2,1H3. The van der Waals surface area contributed by atoms with Gasteiger partial charge in [-0.3, -0.25) is 0 Å². The van der Waals surface area contributed by atoms with Crippen LogP contribution < -0.4 is 4.74 Å². The zero-order valence-corrected chi connectivity index (χ0v) is 15.5. The quantitative estimate of drug-likeness (QED) is 0.526. The fraction of sp³-hybridized carbons (Fsp3) is 0.250. The minimum Gasteiger partial charge on any atom is -0.494 e. The molecule has 0 fully saturated rings. The minimum atomic E-state index is 0.212. The first kappa shape index (κ1) is 17.8. The Morgan fingerprint density at radius 2 is 2.04 bits per heavy atom. The molecule has 0 aliphatic carbocycles. The summed E-state index contributed by atoms with van der Waals surface area (Å²) in [5, 5.41) is 1.33. The van der Waals surface area contributed by atoms with Crippen LogP contribution in [0, 0.1) is 6.92 Å². The Morgan fingerprint density at radius 1 is 1.16 bits per heavy atom. The lowest BCUT2D eigenvalue weighted by Crippen LogP contribution is -2.12. The Balaban J connectivity index is 1.72. The summed E-state index contributed by atoms with van der Waals surface area (Å²) in [6.45, 7) is 3.46. The zero-order valence-electron chi connectivity index (χ0n) is 14.0. The van der Waals surface area contributed by atoms with Gasteiger partial charge in [0.1, 0.15) is 5.75 Å². The van der Waals surface area contributed by atoms with Crippen LogP contribution in [-0.4, -0.2) is 16.2 Å². The van der Waals surface area contributed by atoms with Crippen LogP contribution in [0.2, 0.25) is 10.0 Å². The Labute approximate surface area is 158 Å². The van der Waals surface area contributed by atoms with Crippen molar-refractivity contribution in [3.63, 3.8) is 0 Å². The predicted octanol–water partition coefficient (Wildman–Crippen LogP) is 5.75. The molecule has 0 saturated carbocycles. The van der Waals surface area contributed by atoms with Crippen molar-refractivity contribution in [3.8, 4) is 5.75 Å². The molecule has 0 aliphatic rings. The largest absolute Gasteiger partial charge is 0.494 e. The van der Waals surface area contributed by atoms with Gasteiger partial charge in [0.2, 0.25) is 0 Å². The highest BCUT2D eigenvalue weighted by Gasteiger charge is 2.16. The van der Waals surface area contributed by atoms with E-state index in [-0.39, 0.29) is 5.92 Å². The van der Waals surface area contributed by atoms with E-state index in [0.29, 0.717) is 16.7 Å². The third-order valence-electron chi connectivity index (χ3n) is 4.12. The zero-order chi connectivity index (χ0) is 17.6. The molecule has 5 heteroatoms. The number of halogens is 2. The average Bonchev–Trinajstić information content (AvgIpc) is 3.07. The number of rotatable bonds is 7. The second-order valence-electron chi connectivity index (χ2n) is 6.08. The summed E-state index contributed by atoms with van der Waals surface area (Å²) in [6.07, 6.45) is 6.40. The van der Waals surface area contributed by atoms with Crippen molar-refractivity contribution in [2.24, 2.45) is 0 Å². The Kier molecular flexibility index (Phi) is 6.00. The van der Waals surface area contributed by atoms with Crippen molar-refractivity contribution in [1.29, 1.82) is 0 Å². The number of nitrogens with zero attached hydrogens (tertiary/aromatic N) is 2. The normalized spacial score (nSPS) is 12.1. The van der Waals surface area contributed by atoms with Crippen molar-refractivity contribution >= 4 is 23.2 Å². The van der Waals surface area contributed by atoms with E-state index in [9.17, 15) is 0 Å². The van der Waals surface area contributed by atoms with Crippen molar-refractivity contribution < 1.29 is 4.74 Å². The molecule has 0 aliphatic heterocycles. The maximum absolute atomic E-state index is 6.43. The van der Waals surface area contributed by atoms with E-state index >= 15 is 0 Å². The molecule has 0 bridgehead atoms. The molecule has 0 N–H and O–H groups in total. The lowest BCUT2D eigenvalue weighted by molar-refractivity contribution is 0.291. The number of hydrogen-bond acceptors (Lipinski definition) is 2. The molecule has 0 radical (unpaired) electrons. The fourth-order valence-corrected chi connectivity index (χ4v) is 3.41. The lowest BCUT2D eigenvalue weighted by atomic mass is 9.95. The molecule has 0 spiro atoms. The first-order valence-corrected chi connectivity index (χ1v) is 8.97. The summed E-state index contributed by atoms with van der Waals surface area (Å²) in [4.78, 5) is 4.12. The molecule has 25 heavy (non-hydrogen) atoms. The van der Waals surface area contributed by atoms with Gasteiger partial charge < -0.3 is 9.30 Å². The molecular weight excluding hydrogens is 355 g/mol. The fourth-order valence-electron chi connectivity index (χ4n) is 2.85. The molecule has 0 saturated heterocycles. The van der Waals surface area contributed by atoms with Crippen LogP contribution in [0.3, 0.4) is 0 Å². The van der Waals surface area contributed by atoms with Gasteiger partial charge >= 0.3 is 0 Å². The number of benzene rings is 2. The Bertz CT molecular complexity index is 818. The molecule has 1 heterocycles. The SMILES string of the molecule is Cc1cccc(OCCC(Cn2ccnc2)c2ccc(Cl)cc2Cl)c1. The van der Waals surface area contributed by atoms with Gasteiger partial charge in [-0.2, -0.15) is 0 Å².